The number of benzene rings is 3. The Kier molecular flexibility index (Phi) is 7.14. The average molecular weight is 511 g/mol. The molecule has 178 valence electrons. The van der Waals surface area contributed by atoms with Gasteiger partial charge in [0.1, 0.15) is 0 Å². The second-order valence-electron chi connectivity index (χ2n) is 7.24. The molecule has 1 aromatic heterocycles. The summed E-state index contributed by atoms with van der Waals surface area (Å²) >= 11 is 6.20. The Bertz CT molecular complexity index is 1460. The zero-order chi connectivity index (χ0) is 24.8. The van der Waals surface area contributed by atoms with Gasteiger partial charge < -0.3 is 15.1 Å². The van der Waals surface area contributed by atoms with Gasteiger partial charge >= 0.3 is 0 Å². The van der Waals surface area contributed by atoms with Crippen molar-refractivity contribution in [3.8, 4) is 11.3 Å². The van der Waals surface area contributed by atoms with Crippen molar-refractivity contribution in [2.24, 2.45) is 0 Å². The molecule has 9 nitrogen and oxygen atoms in total. The topological polar surface area (TPSA) is 130 Å². The normalized spacial score (nSPS) is 11.0. The maximum absolute atomic E-state index is 12.4. The van der Waals surface area contributed by atoms with Crippen LogP contribution in [0.15, 0.2) is 94.4 Å². The molecule has 1 heterocycles. The van der Waals surface area contributed by atoms with E-state index >= 15 is 0 Å². The lowest BCUT2D eigenvalue weighted by Gasteiger charge is -2.10. The first-order valence-electron chi connectivity index (χ1n) is 10.3. The third-order valence-electron chi connectivity index (χ3n) is 4.75. The van der Waals surface area contributed by atoms with Crippen LogP contribution in [0.1, 0.15) is 10.4 Å². The molecular weight excluding hydrogens is 492 g/mol. The Morgan fingerprint density at radius 1 is 0.943 bits per heavy atom. The largest absolute Gasteiger partial charge is 0.424 e. The van der Waals surface area contributed by atoms with Crippen molar-refractivity contribution in [2.75, 3.05) is 17.2 Å². The molecule has 11 heteroatoms. The van der Waals surface area contributed by atoms with Crippen LogP contribution in [0.3, 0.4) is 0 Å². The number of anilines is 2. The zero-order valence-corrected chi connectivity index (χ0v) is 19.6. The first kappa shape index (κ1) is 24.0. The second-order valence-corrected chi connectivity index (χ2v) is 9.33. The van der Waals surface area contributed by atoms with Crippen LogP contribution < -0.4 is 15.4 Å². The number of nitrogens with one attached hydrogen (secondary N) is 3. The van der Waals surface area contributed by atoms with E-state index in [9.17, 15) is 18.0 Å². The molecule has 4 rings (SSSR count). The SMILES string of the molecule is O=C(CNc1ncc(-c2ccccc2)o1)Nc1ccc(C(=O)NS(=O)(=O)c2ccccc2)cc1Cl. The zero-order valence-electron chi connectivity index (χ0n) is 18.1. The highest BCUT2D eigenvalue weighted by atomic mass is 35.5. The second kappa shape index (κ2) is 10.4. The summed E-state index contributed by atoms with van der Waals surface area (Å²) in [4.78, 5) is 28.8. The molecule has 35 heavy (non-hydrogen) atoms. The lowest BCUT2D eigenvalue weighted by atomic mass is 10.2. The van der Waals surface area contributed by atoms with Crippen molar-refractivity contribution >= 4 is 45.1 Å². The fourth-order valence-electron chi connectivity index (χ4n) is 3.04. The first-order valence-corrected chi connectivity index (χ1v) is 12.1. The molecule has 3 aromatic carbocycles. The number of carbonyl (C=O) groups excluding carboxylic acids is 2. The van der Waals surface area contributed by atoms with Crippen molar-refractivity contribution in [3.05, 3.63) is 95.6 Å². The van der Waals surface area contributed by atoms with E-state index in [0.29, 0.717) is 5.76 Å². The van der Waals surface area contributed by atoms with E-state index in [0.717, 1.165) is 5.56 Å². The average Bonchev–Trinajstić information content (AvgIpc) is 3.34. The molecule has 0 spiro atoms. The number of aromatic nitrogens is 1. The van der Waals surface area contributed by atoms with Crippen molar-refractivity contribution in [2.45, 2.75) is 4.90 Å². The van der Waals surface area contributed by atoms with Crippen molar-refractivity contribution < 1.29 is 22.4 Å². The van der Waals surface area contributed by atoms with Crippen LogP contribution in [0.4, 0.5) is 11.7 Å². The van der Waals surface area contributed by atoms with Crippen LogP contribution in [0.25, 0.3) is 11.3 Å². The molecule has 0 fully saturated rings. The molecule has 2 amide bonds. The number of nitrogens with zero attached hydrogens (tertiary/aromatic N) is 1. The molecule has 0 aliphatic carbocycles. The number of halogens is 1. The highest BCUT2D eigenvalue weighted by Gasteiger charge is 2.19. The number of hydrogen-bond acceptors (Lipinski definition) is 7. The number of carbonyl (C=O) groups is 2. The molecule has 0 aliphatic heterocycles. The van der Waals surface area contributed by atoms with E-state index in [1.165, 1.54) is 30.3 Å². The van der Waals surface area contributed by atoms with Crippen molar-refractivity contribution in [1.29, 1.82) is 0 Å². The van der Waals surface area contributed by atoms with Gasteiger partial charge in [-0.2, -0.15) is 0 Å². The third-order valence-corrected chi connectivity index (χ3v) is 6.41. The number of amides is 2. The highest BCUT2D eigenvalue weighted by Crippen LogP contribution is 2.24. The Labute approximate surface area is 206 Å². The Morgan fingerprint density at radius 2 is 1.63 bits per heavy atom. The predicted octanol–water partition coefficient (Wildman–Crippen LogP) is 4.16. The predicted molar refractivity (Wildman–Crippen MR) is 132 cm³/mol. The monoisotopic (exact) mass is 510 g/mol. The van der Waals surface area contributed by atoms with Gasteiger partial charge in [-0.1, -0.05) is 60.1 Å². The summed E-state index contributed by atoms with van der Waals surface area (Å²) in [5.74, 6) is -0.733. The van der Waals surface area contributed by atoms with E-state index in [-0.39, 0.29) is 33.7 Å². The van der Waals surface area contributed by atoms with Gasteiger partial charge in [0.05, 0.1) is 28.3 Å². The third kappa shape index (κ3) is 6.05. The quantitative estimate of drug-likeness (QED) is 0.324. The van der Waals surface area contributed by atoms with Crippen LogP contribution in [-0.2, 0) is 14.8 Å². The van der Waals surface area contributed by atoms with Gasteiger partial charge in [-0.05, 0) is 30.3 Å². The van der Waals surface area contributed by atoms with Crippen LogP contribution in [-0.4, -0.2) is 31.8 Å². The molecule has 0 saturated heterocycles. The fourth-order valence-corrected chi connectivity index (χ4v) is 4.26. The van der Waals surface area contributed by atoms with Gasteiger partial charge in [0, 0.05) is 11.1 Å². The Hall–Kier alpha value is -4.15. The number of sulfonamides is 1. The van der Waals surface area contributed by atoms with E-state index in [2.05, 4.69) is 15.6 Å². The van der Waals surface area contributed by atoms with E-state index < -0.39 is 21.8 Å². The van der Waals surface area contributed by atoms with E-state index in [1.54, 1.807) is 24.4 Å². The summed E-state index contributed by atoms with van der Waals surface area (Å²) in [5.41, 5.74) is 1.11. The van der Waals surface area contributed by atoms with Crippen LogP contribution in [0.5, 0.6) is 0 Å². The minimum absolute atomic E-state index is 0.0128. The van der Waals surface area contributed by atoms with Crippen LogP contribution in [0.2, 0.25) is 5.02 Å². The molecule has 0 bridgehead atoms. The molecule has 4 aromatic rings. The molecule has 0 saturated carbocycles. The molecule has 3 N–H and O–H groups in total. The summed E-state index contributed by atoms with van der Waals surface area (Å²) < 4.78 is 32.3. The lowest BCUT2D eigenvalue weighted by Crippen LogP contribution is -2.30. The minimum Gasteiger partial charge on any atom is -0.424 e. The van der Waals surface area contributed by atoms with E-state index in [1.807, 2.05) is 35.1 Å². The maximum Gasteiger partial charge on any atom is 0.295 e. The number of oxazole rings is 1. The first-order chi connectivity index (χ1) is 16.8. The Morgan fingerprint density at radius 3 is 2.31 bits per heavy atom. The smallest absolute Gasteiger partial charge is 0.295 e. The minimum atomic E-state index is -4.03. The molecule has 0 unspecified atom stereocenters. The van der Waals surface area contributed by atoms with Gasteiger partial charge in [0.15, 0.2) is 5.76 Å². The summed E-state index contributed by atoms with van der Waals surface area (Å²) in [7, 11) is -4.03. The fraction of sp³-hybridized carbons (Fsp3) is 0.0417. The standard InChI is InChI=1S/C24H19ClN4O5S/c25-19-13-17(23(31)29-35(32,33)18-9-5-2-6-10-18)11-12-20(19)28-22(30)15-27-24-26-14-21(34-24)16-7-3-1-4-8-16/h1-14H,15H2,(H,26,27)(H,28,30)(H,29,31). The maximum atomic E-state index is 12.4. The number of hydrogen-bond donors (Lipinski definition) is 3. The molecule has 0 radical (unpaired) electrons. The van der Waals surface area contributed by atoms with Crippen molar-refractivity contribution in [1.82, 2.24) is 9.71 Å². The molecular formula is C24H19ClN4O5S. The summed E-state index contributed by atoms with van der Waals surface area (Å²) in [6.07, 6.45) is 1.55. The molecule has 0 aliphatic rings. The summed E-state index contributed by atoms with van der Waals surface area (Å²) in [5, 5.41) is 5.45. The van der Waals surface area contributed by atoms with Crippen molar-refractivity contribution in [3.63, 3.8) is 0 Å². The van der Waals surface area contributed by atoms with Gasteiger partial charge in [0.2, 0.25) is 5.91 Å². The lowest BCUT2D eigenvalue weighted by molar-refractivity contribution is -0.114. The molecule has 0 atom stereocenters. The van der Waals surface area contributed by atoms with Crippen LogP contribution >= 0.6 is 11.6 Å². The van der Waals surface area contributed by atoms with Gasteiger partial charge in [0.25, 0.3) is 21.9 Å². The Balaban J connectivity index is 1.34. The van der Waals surface area contributed by atoms with Gasteiger partial charge in [-0.15, -0.1) is 0 Å². The summed E-state index contributed by atoms with van der Waals surface area (Å²) in [6.45, 7) is -0.150. The number of rotatable bonds is 8. The highest BCUT2D eigenvalue weighted by molar-refractivity contribution is 7.90. The van der Waals surface area contributed by atoms with Gasteiger partial charge in [-0.3, -0.25) is 9.59 Å². The van der Waals surface area contributed by atoms with Crippen LogP contribution in [0, 0.1) is 0 Å². The van der Waals surface area contributed by atoms with E-state index in [4.69, 9.17) is 16.0 Å². The van der Waals surface area contributed by atoms with Gasteiger partial charge in [-0.25, -0.2) is 18.1 Å². The summed E-state index contributed by atoms with van der Waals surface area (Å²) in [6, 6.07) is 21.1.